The molecule has 0 aliphatic rings. The fourth-order valence-electron chi connectivity index (χ4n) is 1.04. The number of nitrogens with one attached hydrogen (secondary N) is 1. The van der Waals surface area contributed by atoms with Gasteiger partial charge in [0.05, 0.1) is 5.69 Å². The minimum absolute atomic E-state index is 1.03. The minimum atomic E-state index is 1.03. The van der Waals surface area contributed by atoms with Gasteiger partial charge in [0.15, 0.2) is 0 Å². The second-order valence-corrected chi connectivity index (χ2v) is 2.41. The summed E-state index contributed by atoms with van der Waals surface area (Å²) in [6, 6.07) is 2.05. The number of hydrogen-bond acceptors (Lipinski definition) is 1. The Morgan fingerprint density at radius 2 is 2.08 bits per heavy atom. The Hall–Kier alpha value is -1.31. The molecule has 0 saturated carbocycles. The summed E-state index contributed by atoms with van der Waals surface area (Å²) in [5, 5.41) is 0. The first-order valence-corrected chi connectivity index (χ1v) is 4.52. The Labute approximate surface area is 80.4 Å². The molecule has 0 bridgehead atoms. The van der Waals surface area contributed by atoms with Crippen molar-refractivity contribution < 1.29 is 0 Å². The van der Waals surface area contributed by atoms with Gasteiger partial charge in [0.1, 0.15) is 0 Å². The SMILES string of the molecule is C=Cc1cc(C)[nH]c1C=NC.CC. The monoisotopic (exact) mass is 178 g/mol. The van der Waals surface area contributed by atoms with Gasteiger partial charge < -0.3 is 4.98 Å². The van der Waals surface area contributed by atoms with Crippen LogP contribution in [-0.4, -0.2) is 18.2 Å². The summed E-state index contributed by atoms with van der Waals surface area (Å²) in [6.45, 7) is 9.72. The van der Waals surface area contributed by atoms with E-state index in [1.54, 1.807) is 13.3 Å². The molecule has 0 atom stereocenters. The predicted molar refractivity (Wildman–Crippen MR) is 60.5 cm³/mol. The van der Waals surface area contributed by atoms with Crippen LogP contribution in [0.2, 0.25) is 0 Å². The molecular formula is C11H18N2. The van der Waals surface area contributed by atoms with Gasteiger partial charge in [0.2, 0.25) is 0 Å². The average molecular weight is 178 g/mol. The van der Waals surface area contributed by atoms with E-state index < -0.39 is 0 Å². The summed E-state index contributed by atoms with van der Waals surface area (Å²) in [4.78, 5) is 7.10. The topological polar surface area (TPSA) is 28.1 Å². The Bertz CT molecular complexity index is 282. The van der Waals surface area contributed by atoms with Gasteiger partial charge in [0, 0.05) is 24.5 Å². The van der Waals surface area contributed by atoms with Crippen LogP contribution < -0.4 is 0 Å². The van der Waals surface area contributed by atoms with Crippen LogP contribution >= 0.6 is 0 Å². The molecule has 1 aromatic heterocycles. The van der Waals surface area contributed by atoms with Gasteiger partial charge in [-0.15, -0.1) is 0 Å². The van der Waals surface area contributed by atoms with Crippen LogP contribution in [0.1, 0.15) is 30.8 Å². The van der Waals surface area contributed by atoms with Gasteiger partial charge in [-0.1, -0.05) is 26.5 Å². The lowest BCUT2D eigenvalue weighted by Gasteiger charge is -1.87. The molecule has 1 heterocycles. The van der Waals surface area contributed by atoms with Crippen LogP contribution in [0.4, 0.5) is 0 Å². The number of H-pyrrole nitrogens is 1. The highest BCUT2D eigenvalue weighted by atomic mass is 14.8. The lowest BCUT2D eigenvalue weighted by molar-refractivity contribution is 1.25. The van der Waals surface area contributed by atoms with E-state index in [0.717, 1.165) is 17.0 Å². The average Bonchev–Trinajstić information content (AvgIpc) is 2.50. The van der Waals surface area contributed by atoms with Crippen molar-refractivity contribution in [2.24, 2.45) is 4.99 Å². The minimum Gasteiger partial charge on any atom is -0.357 e. The molecule has 1 N–H and O–H groups in total. The van der Waals surface area contributed by atoms with Crippen LogP contribution in [0, 0.1) is 6.92 Å². The zero-order valence-electron chi connectivity index (χ0n) is 8.89. The van der Waals surface area contributed by atoms with E-state index in [9.17, 15) is 0 Å². The van der Waals surface area contributed by atoms with Crippen molar-refractivity contribution in [1.82, 2.24) is 4.98 Å². The number of hydrogen-bond donors (Lipinski definition) is 1. The van der Waals surface area contributed by atoms with Crippen molar-refractivity contribution in [2.45, 2.75) is 20.8 Å². The van der Waals surface area contributed by atoms with Gasteiger partial charge in [0.25, 0.3) is 0 Å². The first-order chi connectivity index (χ1) is 6.27. The van der Waals surface area contributed by atoms with Crippen molar-refractivity contribution in [1.29, 1.82) is 0 Å². The quantitative estimate of drug-likeness (QED) is 0.674. The Balaban J connectivity index is 0.000000671. The normalized spacial score (nSPS) is 9.54. The first kappa shape index (κ1) is 11.7. The third kappa shape index (κ3) is 3.28. The molecule has 0 amide bonds. The molecule has 1 rings (SSSR count). The smallest absolute Gasteiger partial charge is 0.0637 e. The fourth-order valence-corrected chi connectivity index (χ4v) is 1.04. The molecule has 13 heavy (non-hydrogen) atoms. The van der Waals surface area contributed by atoms with Gasteiger partial charge >= 0.3 is 0 Å². The third-order valence-corrected chi connectivity index (χ3v) is 1.49. The van der Waals surface area contributed by atoms with Gasteiger partial charge in [-0.2, -0.15) is 0 Å². The van der Waals surface area contributed by atoms with Gasteiger partial charge in [-0.25, -0.2) is 0 Å². The van der Waals surface area contributed by atoms with E-state index >= 15 is 0 Å². The van der Waals surface area contributed by atoms with E-state index in [0.29, 0.717) is 0 Å². The van der Waals surface area contributed by atoms with Crippen molar-refractivity contribution in [2.75, 3.05) is 7.05 Å². The van der Waals surface area contributed by atoms with Crippen LogP contribution in [0.5, 0.6) is 0 Å². The molecule has 2 nitrogen and oxygen atoms in total. The lowest BCUT2D eigenvalue weighted by atomic mass is 10.2. The molecule has 0 saturated heterocycles. The summed E-state index contributed by atoms with van der Waals surface area (Å²) < 4.78 is 0. The number of aryl methyl sites for hydroxylation is 1. The number of aliphatic imine (C=N–C) groups is 1. The number of aromatic amines is 1. The Morgan fingerprint density at radius 3 is 2.54 bits per heavy atom. The lowest BCUT2D eigenvalue weighted by Crippen LogP contribution is -1.83. The maximum Gasteiger partial charge on any atom is 0.0637 e. The predicted octanol–water partition coefficient (Wildman–Crippen LogP) is 3.04. The summed E-state index contributed by atoms with van der Waals surface area (Å²) in [5.41, 5.74) is 3.27. The zero-order chi connectivity index (χ0) is 10.3. The highest BCUT2D eigenvalue weighted by molar-refractivity contribution is 5.83. The molecule has 0 fully saturated rings. The van der Waals surface area contributed by atoms with Crippen molar-refractivity contribution in [3.8, 4) is 0 Å². The second-order valence-electron chi connectivity index (χ2n) is 2.41. The summed E-state index contributed by atoms with van der Waals surface area (Å²) >= 11 is 0. The third-order valence-electron chi connectivity index (χ3n) is 1.49. The molecule has 0 spiro atoms. The van der Waals surface area contributed by atoms with Crippen LogP contribution in [0.25, 0.3) is 6.08 Å². The Kier molecular flexibility index (Phi) is 5.60. The summed E-state index contributed by atoms with van der Waals surface area (Å²) in [5.74, 6) is 0. The van der Waals surface area contributed by atoms with Crippen molar-refractivity contribution >= 4 is 12.3 Å². The van der Waals surface area contributed by atoms with E-state index in [1.165, 1.54) is 0 Å². The Morgan fingerprint density at radius 1 is 1.46 bits per heavy atom. The fraction of sp³-hybridized carbons (Fsp3) is 0.364. The number of aromatic nitrogens is 1. The maximum atomic E-state index is 3.92. The molecule has 2 heteroatoms. The number of nitrogens with zero attached hydrogens (tertiary/aromatic N) is 1. The molecule has 72 valence electrons. The number of rotatable bonds is 2. The summed E-state index contributed by atoms with van der Waals surface area (Å²) in [7, 11) is 1.75. The largest absolute Gasteiger partial charge is 0.357 e. The van der Waals surface area contributed by atoms with E-state index in [-0.39, 0.29) is 0 Å². The molecule has 0 radical (unpaired) electrons. The van der Waals surface area contributed by atoms with E-state index in [1.807, 2.05) is 32.9 Å². The van der Waals surface area contributed by atoms with Crippen molar-refractivity contribution in [3.05, 3.63) is 29.6 Å². The van der Waals surface area contributed by atoms with Crippen LogP contribution in [0.15, 0.2) is 17.6 Å². The van der Waals surface area contributed by atoms with Crippen LogP contribution in [0.3, 0.4) is 0 Å². The molecule has 0 aliphatic heterocycles. The highest BCUT2D eigenvalue weighted by Crippen LogP contribution is 2.09. The van der Waals surface area contributed by atoms with Gasteiger partial charge in [-0.3, -0.25) is 4.99 Å². The first-order valence-electron chi connectivity index (χ1n) is 4.52. The van der Waals surface area contributed by atoms with Gasteiger partial charge in [-0.05, 0) is 13.0 Å². The maximum absolute atomic E-state index is 3.92. The van der Waals surface area contributed by atoms with Crippen LogP contribution in [-0.2, 0) is 0 Å². The molecular weight excluding hydrogens is 160 g/mol. The molecule has 1 aromatic rings. The second kappa shape index (κ2) is 6.23. The highest BCUT2D eigenvalue weighted by Gasteiger charge is 1.98. The van der Waals surface area contributed by atoms with E-state index in [4.69, 9.17) is 0 Å². The molecule has 0 aromatic carbocycles. The standard InChI is InChI=1S/C9H12N2.C2H6/c1-4-8-5-7(2)11-9(8)6-10-3;1-2/h4-6,11H,1H2,2-3H3;1-2H3. The molecule has 0 unspecified atom stereocenters. The van der Waals surface area contributed by atoms with E-state index in [2.05, 4.69) is 16.6 Å². The summed E-state index contributed by atoms with van der Waals surface area (Å²) in [6.07, 6.45) is 3.62. The zero-order valence-corrected chi connectivity index (χ0v) is 8.89. The molecule has 0 aliphatic carbocycles. The van der Waals surface area contributed by atoms with Crippen molar-refractivity contribution in [3.63, 3.8) is 0 Å².